The highest BCUT2D eigenvalue weighted by Crippen LogP contribution is 2.21. The highest BCUT2D eigenvalue weighted by Gasteiger charge is 2.05. The van der Waals surface area contributed by atoms with E-state index in [2.05, 4.69) is 24.4 Å². The summed E-state index contributed by atoms with van der Waals surface area (Å²) in [7, 11) is 0. The van der Waals surface area contributed by atoms with Crippen molar-refractivity contribution in [1.82, 2.24) is 5.43 Å². The molecule has 166 valence electrons. The SMILES string of the molecule is CCC(C)c1ccc(OCC(=O)N/N=C/c2ccc(OCc3ccccc3Cl)cc2)cc1. The lowest BCUT2D eigenvalue weighted by Crippen LogP contribution is -2.24. The third-order valence-electron chi connectivity index (χ3n) is 5.07. The maximum atomic E-state index is 11.9. The fourth-order valence-corrected chi connectivity index (χ4v) is 3.11. The fourth-order valence-electron chi connectivity index (χ4n) is 2.91. The van der Waals surface area contributed by atoms with Crippen LogP contribution in [0.3, 0.4) is 0 Å². The number of halogens is 1. The first-order chi connectivity index (χ1) is 15.5. The predicted molar refractivity (Wildman–Crippen MR) is 129 cm³/mol. The van der Waals surface area contributed by atoms with Gasteiger partial charge in [0, 0.05) is 10.6 Å². The van der Waals surface area contributed by atoms with Gasteiger partial charge in [-0.15, -0.1) is 0 Å². The zero-order valence-corrected chi connectivity index (χ0v) is 19.0. The number of rotatable bonds is 10. The van der Waals surface area contributed by atoms with Crippen LogP contribution >= 0.6 is 11.6 Å². The Balaban J connectivity index is 1.41. The number of carbonyl (C=O) groups is 1. The van der Waals surface area contributed by atoms with Crippen LogP contribution in [0.15, 0.2) is 77.9 Å². The molecule has 3 aromatic rings. The molecule has 0 aliphatic carbocycles. The maximum absolute atomic E-state index is 11.9. The molecular weight excluding hydrogens is 424 g/mol. The molecule has 0 radical (unpaired) electrons. The molecule has 0 spiro atoms. The summed E-state index contributed by atoms with van der Waals surface area (Å²) >= 11 is 6.14. The van der Waals surface area contributed by atoms with Gasteiger partial charge in [-0.3, -0.25) is 4.79 Å². The van der Waals surface area contributed by atoms with E-state index >= 15 is 0 Å². The third kappa shape index (κ3) is 7.13. The summed E-state index contributed by atoms with van der Waals surface area (Å²) in [6.07, 6.45) is 2.65. The molecule has 3 aromatic carbocycles. The number of nitrogens with one attached hydrogen (secondary N) is 1. The van der Waals surface area contributed by atoms with Gasteiger partial charge in [0.1, 0.15) is 18.1 Å². The Hall–Kier alpha value is -3.31. The number of amides is 1. The predicted octanol–water partition coefficient (Wildman–Crippen LogP) is 5.96. The summed E-state index contributed by atoms with van der Waals surface area (Å²) in [4.78, 5) is 11.9. The monoisotopic (exact) mass is 450 g/mol. The van der Waals surface area contributed by atoms with Gasteiger partial charge < -0.3 is 9.47 Å². The molecule has 0 aliphatic heterocycles. The average Bonchev–Trinajstić information content (AvgIpc) is 2.83. The van der Waals surface area contributed by atoms with Crippen molar-refractivity contribution >= 4 is 23.7 Å². The number of hydrogen-bond acceptors (Lipinski definition) is 4. The fraction of sp³-hybridized carbons (Fsp3) is 0.231. The van der Waals surface area contributed by atoms with Crippen molar-refractivity contribution in [1.29, 1.82) is 0 Å². The molecule has 3 rings (SSSR count). The molecule has 0 saturated carbocycles. The van der Waals surface area contributed by atoms with Gasteiger partial charge >= 0.3 is 0 Å². The molecular formula is C26H27ClN2O3. The number of benzene rings is 3. The van der Waals surface area contributed by atoms with E-state index in [4.69, 9.17) is 21.1 Å². The van der Waals surface area contributed by atoms with Gasteiger partial charge in [0.05, 0.1) is 6.21 Å². The van der Waals surface area contributed by atoms with Crippen LogP contribution in [0, 0.1) is 0 Å². The zero-order valence-electron chi connectivity index (χ0n) is 18.3. The number of ether oxygens (including phenoxy) is 2. The highest BCUT2D eigenvalue weighted by atomic mass is 35.5. The Bertz CT molecular complexity index is 1030. The Morgan fingerprint density at radius 1 is 1.00 bits per heavy atom. The summed E-state index contributed by atoms with van der Waals surface area (Å²) in [6.45, 7) is 4.63. The topological polar surface area (TPSA) is 59.9 Å². The quantitative estimate of drug-likeness (QED) is 0.306. The summed E-state index contributed by atoms with van der Waals surface area (Å²) in [5.41, 5.74) is 5.48. The minimum Gasteiger partial charge on any atom is -0.489 e. The average molecular weight is 451 g/mol. The van der Waals surface area contributed by atoms with Crippen LogP contribution in [0.5, 0.6) is 11.5 Å². The minimum absolute atomic E-state index is 0.102. The summed E-state index contributed by atoms with van der Waals surface area (Å²) in [5, 5.41) is 4.65. The van der Waals surface area contributed by atoms with Crippen LogP contribution in [0.25, 0.3) is 0 Å². The Labute approximate surface area is 194 Å². The van der Waals surface area contributed by atoms with E-state index in [1.165, 1.54) is 5.56 Å². The molecule has 0 bridgehead atoms. The van der Waals surface area contributed by atoms with Crippen molar-refractivity contribution in [3.63, 3.8) is 0 Å². The van der Waals surface area contributed by atoms with E-state index in [1.807, 2.05) is 72.8 Å². The van der Waals surface area contributed by atoms with Gasteiger partial charge in [-0.1, -0.05) is 55.8 Å². The van der Waals surface area contributed by atoms with Crippen molar-refractivity contribution in [3.8, 4) is 11.5 Å². The van der Waals surface area contributed by atoms with Crippen LogP contribution in [0.1, 0.15) is 42.9 Å². The normalized spacial score (nSPS) is 11.8. The molecule has 5 nitrogen and oxygen atoms in total. The van der Waals surface area contributed by atoms with Gasteiger partial charge in [0.2, 0.25) is 0 Å². The van der Waals surface area contributed by atoms with Crippen LogP contribution in [0.4, 0.5) is 0 Å². The lowest BCUT2D eigenvalue weighted by molar-refractivity contribution is -0.123. The van der Waals surface area contributed by atoms with E-state index in [9.17, 15) is 4.79 Å². The molecule has 0 fully saturated rings. The standard InChI is InChI=1S/C26H27ClN2O3/c1-3-19(2)21-10-14-24(15-11-21)32-18-26(30)29-28-16-20-8-12-23(13-9-20)31-17-22-6-4-5-7-25(22)27/h4-16,19H,3,17-18H2,1-2H3,(H,29,30)/b28-16+. The van der Waals surface area contributed by atoms with Gasteiger partial charge in [-0.2, -0.15) is 5.10 Å². The molecule has 0 heterocycles. The second-order valence-electron chi connectivity index (χ2n) is 7.41. The molecule has 0 saturated heterocycles. The largest absolute Gasteiger partial charge is 0.489 e. The van der Waals surface area contributed by atoms with Crippen LogP contribution in [-0.2, 0) is 11.4 Å². The van der Waals surface area contributed by atoms with Crippen molar-refractivity contribution in [3.05, 3.63) is 94.5 Å². The van der Waals surface area contributed by atoms with Gasteiger partial charge in [0.15, 0.2) is 6.61 Å². The Morgan fingerprint density at radius 2 is 1.66 bits per heavy atom. The van der Waals surface area contributed by atoms with E-state index in [0.29, 0.717) is 23.3 Å². The first kappa shape index (κ1) is 23.4. The van der Waals surface area contributed by atoms with E-state index in [0.717, 1.165) is 23.3 Å². The molecule has 6 heteroatoms. The molecule has 0 aromatic heterocycles. The number of hydrogen-bond donors (Lipinski definition) is 1. The van der Waals surface area contributed by atoms with Gasteiger partial charge in [-0.05, 0) is 65.9 Å². The zero-order chi connectivity index (χ0) is 22.8. The van der Waals surface area contributed by atoms with E-state index in [1.54, 1.807) is 6.21 Å². The number of carbonyl (C=O) groups excluding carboxylic acids is 1. The van der Waals surface area contributed by atoms with Crippen LogP contribution < -0.4 is 14.9 Å². The van der Waals surface area contributed by atoms with Crippen molar-refractivity contribution in [2.75, 3.05) is 6.61 Å². The Morgan fingerprint density at radius 3 is 2.34 bits per heavy atom. The van der Waals surface area contributed by atoms with Crippen LogP contribution in [0.2, 0.25) is 5.02 Å². The smallest absolute Gasteiger partial charge is 0.277 e. The number of nitrogens with zero attached hydrogens (tertiary/aromatic N) is 1. The molecule has 0 aliphatic rings. The Kier molecular flexibility index (Phi) is 8.70. The molecule has 1 N–H and O–H groups in total. The minimum atomic E-state index is -0.327. The lowest BCUT2D eigenvalue weighted by Gasteiger charge is -2.10. The van der Waals surface area contributed by atoms with Crippen molar-refractivity contribution in [2.24, 2.45) is 5.10 Å². The summed E-state index contributed by atoms with van der Waals surface area (Å²) in [5.74, 6) is 1.55. The van der Waals surface area contributed by atoms with Crippen molar-refractivity contribution in [2.45, 2.75) is 32.8 Å². The second kappa shape index (κ2) is 11.9. The first-order valence-electron chi connectivity index (χ1n) is 10.6. The molecule has 1 atom stereocenters. The maximum Gasteiger partial charge on any atom is 0.277 e. The third-order valence-corrected chi connectivity index (χ3v) is 5.44. The van der Waals surface area contributed by atoms with Crippen LogP contribution in [-0.4, -0.2) is 18.7 Å². The van der Waals surface area contributed by atoms with E-state index in [-0.39, 0.29) is 12.5 Å². The molecule has 1 unspecified atom stereocenters. The van der Waals surface area contributed by atoms with E-state index < -0.39 is 0 Å². The molecule has 1 amide bonds. The molecule has 32 heavy (non-hydrogen) atoms. The summed E-state index contributed by atoms with van der Waals surface area (Å²) in [6, 6.07) is 22.8. The van der Waals surface area contributed by atoms with Gasteiger partial charge in [0.25, 0.3) is 5.91 Å². The number of hydrazone groups is 1. The highest BCUT2D eigenvalue weighted by molar-refractivity contribution is 6.31. The summed E-state index contributed by atoms with van der Waals surface area (Å²) < 4.78 is 11.3. The second-order valence-corrected chi connectivity index (χ2v) is 7.82. The first-order valence-corrected chi connectivity index (χ1v) is 10.9. The lowest BCUT2D eigenvalue weighted by atomic mass is 9.99. The van der Waals surface area contributed by atoms with Gasteiger partial charge in [-0.25, -0.2) is 5.43 Å². The van der Waals surface area contributed by atoms with Crippen molar-refractivity contribution < 1.29 is 14.3 Å².